The lowest BCUT2D eigenvalue weighted by molar-refractivity contribution is -0.251. The fourth-order valence-electron chi connectivity index (χ4n) is 16.4. The summed E-state index contributed by atoms with van der Waals surface area (Å²) >= 11 is 0. The van der Waals surface area contributed by atoms with Crippen molar-refractivity contribution in [2.24, 2.45) is 73.9 Å². The predicted octanol–water partition coefficient (Wildman–Crippen LogP) is 11.3. The number of hydrogen-bond acceptors (Lipinski definition) is 6. The molecule has 59 heavy (non-hydrogen) atoms. The fourth-order valence-corrected chi connectivity index (χ4v) is 16.4. The summed E-state index contributed by atoms with van der Waals surface area (Å²) in [5.74, 6) is 1.92. The van der Waals surface area contributed by atoms with Crippen LogP contribution in [-0.2, 0) is 19.1 Å². The maximum atomic E-state index is 15.5. The van der Waals surface area contributed by atoms with E-state index < -0.39 is 17.3 Å². The number of nitrogens with zero attached hydrogens (tertiary/aromatic N) is 2. The molecule has 0 radical (unpaired) electrons. The third-order valence-electron chi connectivity index (χ3n) is 19.9. The van der Waals surface area contributed by atoms with Crippen LogP contribution in [-0.4, -0.2) is 45.5 Å². The molecule has 2 heterocycles. The Morgan fingerprint density at radius 1 is 0.831 bits per heavy atom. The molecule has 1 amide bonds. The minimum absolute atomic E-state index is 0.0951. The average Bonchev–Trinajstić information content (AvgIpc) is 3.95. The van der Waals surface area contributed by atoms with E-state index in [9.17, 15) is 14.7 Å². The number of benzene rings is 1. The highest BCUT2D eigenvalue weighted by Crippen LogP contribution is 2.78. The molecule has 1 aromatic heterocycles. The maximum Gasteiger partial charge on any atom is 0.309 e. The molecule has 0 spiro atoms. The molecule has 9 rings (SSSR count). The molecule has 7 aliphatic rings. The summed E-state index contributed by atoms with van der Waals surface area (Å²) in [7, 11) is 0. The zero-order valence-electron chi connectivity index (χ0n) is 37.1. The van der Waals surface area contributed by atoms with Crippen molar-refractivity contribution < 1.29 is 28.6 Å². The molecule has 320 valence electrons. The molecule has 1 N–H and O–H groups in total. The van der Waals surface area contributed by atoms with Gasteiger partial charge in [-0.2, -0.15) is 0 Å². The molecule has 7 fully saturated rings. The second-order valence-corrected chi connectivity index (χ2v) is 22.7. The van der Waals surface area contributed by atoms with Crippen molar-refractivity contribution in [3.8, 4) is 11.3 Å². The van der Waals surface area contributed by atoms with E-state index in [1.54, 1.807) is 0 Å². The molecular weight excluding hydrogens is 737 g/mol. The van der Waals surface area contributed by atoms with Crippen LogP contribution in [0.15, 0.2) is 53.1 Å². The molecule has 1 aromatic carbocycles. The van der Waals surface area contributed by atoms with Crippen LogP contribution >= 0.6 is 0 Å². The maximum absolute atomic E-state index is 15.5. The molecule has 8 nitrogen and oxygen atoms in total. The van der Waals surface area contributed by atoms with Crippen molar-refractivity contribution in [1.29, 1.82) is 0 Å². The lowest BCUT2D eigenvalue weighted by atomic mass is 9.32. The average molecular weight is 807 g/mol. The van der Waals surface area contributed by atoms with Gasteiger partial charge in [-0.15, -0.1) is 0 Å². The van der Waals surface area contributed by atoms with E-state index in [1.807, 2.05) is 50.4 Å². The van der Waals surface area contributed by atoms with Crippen molar-refractivity contribution in [2.75, 3.05) is 6.54 Å². The Hall–Kier alpha value is -3.42. The standard InChI is InChI=1S/C51H70N2O6/c1-30(2)32-19-24-51(45(57)53-27-13-16-36(53)42-52-29-37(58-42)31-14-11-10-12-15-31)26-25-49(8)33(41(32)51)17-18-39-48(7)22-21-40(47(5,6)38(48)20-23-50(39,49)9)59-44(56)35-28-34(43(54)55)46(35,3)4/h10-12,14-15,29,32-36,38-41H,1,13,16-28H2,2-9H3,(H,54,55)/t32-,33+,34-,35+,36-,38?,39?,40-,41+,48-,49+,50+,51-/m0/s1. The van der Waals surface area contributed by atoms with Crippen LogP contribution < -0.4 is 0 Å². The number of fused-ring (bicyclic) bond motifs is 7. The van der Waals surface area contributed by atoms with Gasteiger partial charge in [0.1, 0.15) is 12.1 Å². The minimum Gasteiger partial charge on any atom is -0.481 e. The minimum atomic E-state index is -0.819. The number of carbonyl (C=O) groups is 3. The summed E-state index contributed by atoms with van der Waals surface area (Å²) in [6, 6.07) is 9.99. The van der Waals surface area contributed by atoms with Crippen LogP contribution in [0.5, 0.6) is 0 Å². The van der Waals surface area contributed by atoms with Crippen molar-refractivity contribution in [3.63, 3.8) is 0 Å². The first-order valence-electron chi connectivity index (χ1n) is 23.2. The molecule has 1 aliphatic heterocycles. The third-order valence-corrected chi connectivity index (χ3v) is 19.9. The number of allylic oxidation sites excluding steroid dienone is 1. The number of rotatable bonds is 7. The number of esters is 1. The van der Waals surface area contributed by atoms with Gasteiger partial charge in [-0.1, -0.05) is 91.0 Å². The molecule has 6 saturated carbocycles. The predicted molar refractivity (Wildman–Crippen MR) is 227 cm³/mol. The van der Waals surface area contributed by atoms with Crippen LogP contribution in [0.4, 0.5) is 0 Å². The highest BCUT2D eigenvalue weighted by molar-refractivity contribution is 5.85. The number of aliphatic carboxylic acids is 1. The molecular formula is C51H70N2O6. The van der Waals surface area contributed by atoms with E-state index in [-0.39, 0.29) is 57.0 Å². The van der Waals surface area contributed by atoms with Crippen molar-refractivity contribution in [1.82, 2.24) is 9.88 Å². The second-order valence-electron chi connectivity index (χ2n) is 22.7. The number of amides is 1. The summed E-state index contributed by atoms with van der Waals surface area (Å²) in [6.45, 7) is 23.9. The zero-order chi connectivity index (χ0) is 42.1. The summed E-state index contributed by atoms with van der Waals surface area (Å²) in [4.78, 5) is 48.0. The van der Waals surface area contributed by atoms with Crippen LogP contribution in [0, 0.1) is 73.9 Å². The molecule has 6 aliphatic carbocycles. The topological polar surface area (TPSA) is 110 Å². The summed E-state index contributed by atoms with van der Waals surface area (Å²) in [5.41, 5.74) is 1.41. The summed E-state index contributed by atoms with van der Waals surface area (Å²) < 4.78 is 12.9. The van der Waals surface area contributed by atoms with E-state index >= 15 is 4.79 Å². The first kappa shape index (κ1) is 41.0. The molecule has 2 unspecified atom stereocenters. The van der Waals surface area contributed by atoms with Gasteiger partial charge in [-0.25, -0.2) is 4.98 Å². The van der Waals surface area contributed by atoms with Gasteiger partial charge >= 0.3 is 11.9 Å². The highest BCUT2D eigenvalue weighted by atomic mass is 16.5. The van der Waals surface area contributed by atoms with Gasteiger partial charge in [0, 0.05) is 17.5 Å². The van der Waals surface area contributed by atoms with Gasteiger partial charge in [-0.3, -0.25) is 14.4 Å². The Morgan fingerprint density at radius 3 is 2.27 bits per heavy atom. The van der Waals surface area contributed by atoms with Crippen LogP contribution in [0.25, 0.3) is 11.3 Å². The van der Waals surface area contributed by atoms with Gasteiger partial charge in [-0.05, 0) is 142 Å². The number of carboxylic acids is 1. The smallest absolute Gasteiger partial charge is 0.309 e. The van der Waals surface area contributed by atoms with Crippen LogP contribution in [0.2, 0.25) is 0 Å². The SMILES string of the molecule is C=C(C)[C@@H]1CC[C@]2(C(=O)N3CCC[C@H]3c3ncc(-c4ccccc4)o3)CC[C@]3(C)[C@H](CCC4[C@@]5(C)CC[C@H](OC(=O)[C@H]6C[C@@H](C(=O)O)C6(C)C)C(C)(C)C5CC[C@]43C)[C@@H]12. The second kappa shape index (κ2) is 13.8. The third kappa shape index (κ3) is 5.71. The van der Waals surface area contributed by atoms with E-state index in [1.165, 1.54) is 12.0 Å². The summed E-state index contributed by atoms with van der Waals surface area (Å²) in [6.07, 6.45) is 14.3. The van der Waals surface area contributed by atoms with Crippen molar-refractivity contribution in [2.45, 2.75) is 151 Å². The number of carboxylic acid groups (broad SMARTS) is 1. The quantitative estimate of drug-likeness (QED) is 0.219. The molecule has 8 heteroatoms. The monoisotopic (exact) mass is 807 g/mol. The molecule has 13 atom stereocenters. The fraction of sp³-hybridized carbons (Fsp3) is 0.725. The molecule has 1 saturated heterocycles. The summed E-state index contributed by atoms with van der Waals surface area (Å²) in [5, 5.41) is 9.70. The number of hydrogen-bond donors (Lipinski definition) is 1. The largest absolute Gasteiger partial charge is 0.481 e. The Labute approximate surface area is 352 Å². The Balaban J connectivity index is 0.968. The van der Waals surface area contributed by atoms with E-state index in [4.69, 9.17) is 14.1 Å². The van der Waals surface area contributed by atoms with Crippen molar-refractivity contribution in [3.05, 3.63) is 54.6 Å². The molecule has 2 aromatic rings. The lowest BCUT2D eigenvalue weighted by Gasteiger charge is -2.73. The highest BCUT2D eigenvalue weighted by Gasteiger charge is 2.72. The van der Waals surface area contributed by atoms with Gasteiger partial charge in [0.2, 0.25) is 11.8 Å². The molecule has 0 bridgehead atoms. The first-order valence-corrected chi connectivity index (χ1v) is 23.2. The van der Waals surface area contributed by atoms with E-state index in [0.29, 0.717) is 41.9 Å². The number of oxazole rings is 1. The Bertz CT molecular complexity index is 2020. The van der Waals surface area contributed by atoms with Gasteiger partial charge in [0.05, 0.1) is 23.4 Å². The van der Waals surface area contributed by atoms with Crippen molar-refractivity contribution >= 4 is 17.8 Å². The van der Waals surface area contributed by atoms with Gasteiger partial charge in [0.15, 0.2) is 5.76 Å². The Morgan fingerprint density at radius 2 is 1.58 bits per heavy atom. The van der Waals surface area contributed by atoms with Crippen LogP contribution in [0.1, 0.15) is 151 Å². The normalized spacial score (nSPS) is 43.0. The Kier molecular flexibility index (Phi) is 9.58. The van der Waals surface area contributed by atoms with E-state index in [0.717, 1.165) is 88.5 Å². The van der Waals surface area contributed by atoms with Gasteiger partial charge < -0.3 is 19.2 Å². The first-order chi connectivity index (χ1) is 27.8. The number of carbonyl (C=O) groups excluding carboxylic acids is 2. The zero-order valence-corrected chi connectivity index (χ0v) is 37.1. The van der Waals surface area contributed by atoms with Gasteiger partial charge in [0.25, 0.3) is 0 Å². The lowest BCUT2D eigenvalue weighted by Crippen LogP contribution is -2.67. The van der Waals surface area contributed by atoms with E-state index in [2.05, 4.69) is 53.0 Å². The van der Waals surface area contributed by atoms with Crippen LogP contribution in [0.3, 0.4) is 0 Å². The number of ether oxygens (including phenoxy) is 1. The number of aromatic nitrogens is 1. The number of likely N-dealkylation sites (tertiary alicyclic amines) is 1.